The number of nitrogens with two attached hydrogens (primary N) is 1. The van der Waals surface area contributed by atoms with E-state index >= 15 is 0 Å². The minimum absolute atomic E-state index is 0. The summed E-state index contributed by atoms with van der Waals surface area (Å²) in [6, 6.07) is 8.55. The van der Waals surface area contributed by atoms with Crippen LogP contribution in [0.3, 0.4) is 0 Å². The second-order valence-corrected chi connectivity index (χ2v) is 4.47. The van der Waals surface area contributed by atoms with E-state index in [0.29, 0.717) is 0 Å². The van der Waals surface area contributed by atoms with Crippen LogP contribution in [0.2, 0.25) is 0 Å². The van der Waals surface area contributed by atoms with Crippen LogP contribution >= 0.6 is 12.4 Å². The Kier molecular flexibility index (Phi) is 5.05. The van der Waals surface area contributed by atoms with E-state index in [1.807, 2.05) is 12.1 Å². The van der Waals surface area contributed by atoms with Crippen molar-refractivity contribution >= 4 is 23.3 Å². The number of hydrogen-bond acceptors (Lipinski definition) is 2. The molecule has 0 aliphatic rings. The van der Waals surface area contributed by atoms with Gasteiger partial charge in [0.2, 0.25) is 0 Å². The standard InChI is InChI=1S/C14H20N2O.ClH/c1-4-11(15)9-12-8-10-6-5-7-13(17-3)14(10)16(12)2;/h5-8,11H,4,9,15H2,1-3H3;1H. The van der Waals surface area contributed by atoms with E-state index in [1.165, 1.54) is 11.1 Å². The Bertz CT molecular complexity index is 522. The molecular weight excluding hydrogens is 248 g/mol. The summed E-state index contributed by atoms with van der Waals surface area (Å²) in [6.45, 7) is 2.12. The molecule has 1 aromatic heterocycles. The maximum atomic E-state index is 6.02. The molecule has 0 amide bonds. The molecule has 100 valence electrons. The third-order valence-corrected chi connectivity index (χ3v) is 3.33. The highest BCUT2D eigenvalue weighted by Gasteiger charge is 2.11. The highest BCUT2D eigenvalue weighted by molar-refractivity contribution is 5.87. The van der Waals surface area contributed by atoms with Gasteiger partial charge < -0.3 is 15.0 Å². The summed E-state index contributed by atoms with van der Waals surface area (Å²) in [7, 11) is 3.78. The van der Waals surface area contributed by atoms with Crippen LogP contribution in [-0.4, -0.2) is 17.7 Å². The highest BCUT2D eigenvalue weighted by Crippen LogP contribution is 2.28. The summed E-state index contributed by atoms with van der Waals surface area (Å²) >= 11 is 0. The van der Waals surface area contributed by atoms with Crippen LogP contribution in [-0.2, 0) is 13.5 Å². The Labute approximate surface area is 114 Å². The number of methoxy groups -OCH3 is 1. The summed E-state index contributed by atoms with van der Waals surface area (Å²) in [5.41, 5.74) is 8.43. The van der Waals surface area contributed by atoms with Gasteiger partial charge in [0.15, 0.2) is 0 Å². The molecule has 4 heteroatoms. The zero-order chi connectivity index (χ0) is 12.4. The molecule has 0 aliphatic carbocycles. The van der Waals surface area contributed by atoms with Gasteiger partial charge in [-0.15, -0.1) is 12.4 Å². The molecule has 2 N–H and O–H groups in total. The van der Waals surface area contributed by atoms with Crippen LogP contribution in [0.4, 0.5) is 0 Å². The van der Waals surface area contributed by atoms with Gasteiger partial charge in [-0.3, -0.25) is 0 Å². The van der Waals surface area contributed by atoms with Crippen molar-refractivity contribution in [1.29, 1.82) is 0 Å². The number of aromatic nitrogens is 1. The van der Waals surface area contributed by atoms with Gasteiger partial charge >= 0.3 is 0 Å². The fraction of sp³-hybridized carbons (Fsp3) is 0.429. The molecular formula is C14H21ClN2O. The van der Waals surface area contributed by atoms with Crippen molar-refractivity contribution < 1.29 is 4.74 Å². The van der Waals surface area contributed by atoms with E-state index in [0.717, 1.165) is 24.1 Å². The lowest BCUT2D eigenvalue weighted by Gasteiger charge is -2.10. The van der Waals surface area contributed by atoms with Crippen LogP contribution < -0.4 is 10.5 Å². The third-order valence-electron chi connectivity index (χ3n) is 3.33. The number of aryl methyl sites for hydroxylation is 1. The lowest BCUT2D eigenvalue weighted by atomic mass is 10.1. The minimum atomic E-state index is 0. The molecule has 2 aromatic rings. The first kappa shape index (κ1) is 14.9. The first-order chi connectivity index (χ1) is 8.17. The molecule has 0 bridgehead atoms. The molecule has 1 unspecified atom stereocenters. The molecule has 3 nitrogen and oxygen atoms in total. The molecule has 2 rings (SSSR count). The number of halogens is 1. The van der Waals surface area contributed by atoms with Gasteiger partial charge in [-0.25, -0.2) is 0 Å². The minimum Gasteiger partial charge on any atom is -0.495 e. The van der Waals surface area contributed by atoms with Crippen molar-refractivity contribution in [3.05, 3.63) is 30.0 Å². The second kappa shape index (κ2) is 6.12. The highest BCUT2D eigenvalue weighted by atomic mass is 35.5. The van der Waals surface area contributed by atoms with Gasteiger partial charge in [0, 0.05) is 30.6 Å². The Balaban J connectivity index is 0.00000162. The van der Waals surface area contributed by atoms with Crippen molar-refractivity contribution in [2.75, 3.05) is 7.11 Å². The molecule has 0 radical (unpaired) electrons. The maximum absolute atomic E-state index is 6.02. The normalized spacial score (nSPS) is 12.2. The van der Waals surface area contributed by atoms with Gasteiger partial charge in [0.25, 0.3) is 0 Å². The molecule has 0 saturated heterocycles. The van der Waals surface area contributed by atoms with Crippen LogP contribution in [0, 0.1) is 0 Å². The van der Waals surface area contributed by atoms with Gasteiger partial charge in [-0.2, -0.15) is 0 Å². The zero-order valence-corrected chi connectivity index (χ0v) is 12.0. The van der Waals surface area contributed by atoms with Crippen LogP contribution in [0.5, 0.6) is 5.75 Å². The van der Waals surface area contributed by atoms with E-state index in [9.17, 15) is 0 Å². The average molecular weight is 269 g/mol. The van der Waals surface area contributed by atoms with E-state index in [-0.39, 0.29) is 18.4 Å². The summed E-state index contributed by atoms with van der Waals surface area (Å²) < 4.78 is 7.59. The van der Waals surface area contributed by atoms with Crippen LogP contribution in [0.1, 0.15) is 19.0 Å². The first-order valence-electron chi connectivity index (χ1n) is 6.04. The number of nitrogens with zero attached hydrogens (tertiary/aromatic N) is 1. The lowest BCUT2D eigenvalue weighted by Crippen LogP contribution is -2.22. The van der Waals surface area contributed by atoms with E-state index in [1.54, 1.807) is 7.11 Å². The predicted octanol–water partition coefficient (Wildman–Crippen LogP) is 2.89. The van der Waals surface area contributed by atoms with E-state index in [2.05, 4.69) is 30.7 Å². The number of rotatable bonds is 4. The summed E-state index contributed by atoms with van der Waals surface area (Å²) in [5.74, 6) is 0.918. The van der Waals surface area contributed by atoms with Gasteiger partial charge in [0.1, 0.15) is 5.75 Å². The average Bonchev–Trinajstić information content (AvgIpc) is 2.66. The van der Waals surface area contributed by atoms with E-state index in [4.69, 9.17) is 10.5 Å². The van der Waals surface area contributed by atoms with Gasteiger partial charge in [-0.05, 0) is 18.6 Å². The smallest absolute Gasteiger partial charge is 0.143 e. The zero-order valence-electron chi connectivity index (χ0n) is 11.1. The van der Waals surface area contributed by atoms with Crippen LogP contribution in [0.25, 0.3) is 10.9 Å². The monoisotopic (exact) mass is 268 g/mol. The molecule has 18 heavy (non-hydrogen) atoms. The summed E-state index contributed by atoms with van der Waals surface area (Å²) in [5, 5.41) is 1.21. The predicted molar refractivity (Wildman–Crippen MR) is 78.7 cm³/mol. The Morgan fingerprint density at radius 1 is 1.39 bits per heavy atom. The molecule has 0 saturated carbocycles. The van der Waals surface area contributed by atoms with Crippen molar-refractivity contribution in [2.45, 2.75) is 25.8 Å². The molecule has 1 heterocycles. The molecule has 1 aromatic carbocycles. The topological polar surface area (TPSA) is 40.2 Å². The first-order valence-corrected chi connectivity index (χ1v) is 6.04. The number of fused-ring (bicyclic) bond motifs is 1. The molecule has 1 atom stereocenters. The van der Waals surface area contributed by atoms with Crippen molar-refractivity contribution in [3.8, 4) is 5.75 Å². The number of benzene rings is 1. The lowest BCUT2D eigenvalue weighted by molar-refractivity contribution is 0.417. The number of ether oxygens (including phenoxy) is 1. The Morgan fingerprint density at radius 2 is 2.11 bits per heavy atom. The van der Waals surface area contributed by atoms with Crippen molar-refractivity contribution in [3.63, 3.8) is 0 Å². The van der Waals surface area contributed by atoms with Crippen molar-refractivity contribution in [2.24, 2.45) is 12.8 Å². The SMILES string of the molecule is CCC(N)Cc1cc2cccc(OC)c2n1C.Cl. The Hall–Kier alpha value is -1.19. The molecule has 0 aliphatic heterocycles. The summed E-state index contributed by atoms with van der Waals surface area (Å²) in [6.07, 6.45) is 1.91. The second-order valence-electron chi connectivity index (χ2n) is 4.47. The van der Waals surface area contributed by atoms with Gasteiger partial charge in [0.05, 0.1) is 12.6 Å². The maximum Gasteiger partial charge on any atom is 0.143 e. The number of hydrogen-bond donors (Lipinski definition) is 1. The van der Waals surface area contributed by atoms with E-state index < -0.39 is 0 Å². The van der Waals surface area contributed by atoms with Crippen molar-refractivity contribution in [1.82, 2.24) is 4.57 Å². The third kappa shape index (κ3) is 2.62. The molecule has 0 spiro atoms. The fourth-order valence-corrected chi connectivity index (χ4v) is 2.21. The Morgan fingerprint density at radius 3 is 2.72 bits per heavy atom. The number of para-hydroxylation sites is 1. The summed E-state index contributed by atoms with van der Waals surface area (Å²) in [4.78, 5) is 0. The fourth-order valence-electron chi connectivity index (χ4n) is 2.21. The molecule has 0 fully saturated rings. The van der Waals surface area contributed by atoms with Crippen LogP contribution in [0.15, 0.2) is 24.3 Å². The van der Waals surface area contributed by atoms with Gasteiger partial charge in [-0.1, -0.05) is 19.1 Å². The quantitative estimate of drug-likeness (QED) is 0.926. The largest absolute Gasteiger partial charge is 0.495 e.